The van der Waals surface area contributed by atoms with Crippen LogP contribution in [0.2, 0.25) is 0 Å². The number of aromatic nitrogens is 2. The normalized spacial score (nSPS) is 30.9. The topological polar surface area (TPSA) is 39.1 Å². The molecule has 3 heterocycles. The highest BCUT2D eigenvalue weighted by Crippen LogP contribution is 2.43. The van der Waals surface area contributed by atoms with Crippen LogP contribution in [-0.4, -0.2) is 40.0 Å². The van der Waals surface area contributed by atoms with Crippen LogP contribution >= 0.6 is 11.8 Å². The van der Waals surface area contributed by atoms with E-state index in [0.29, 0.717) is 12.0 Å². The second-order valence-electron chi connectivity index (χ2n) is 6.40. The maximum atomic E-state index is 6.19. The zero-order valence-corrected chi connectivity index (χ0v) is 14.0. The Morgan fingerprint density at radius 1 is 1.62 bits per heavy atom. The molecule has 118 valence electrons. The summed E-state index contributed by atoms with van der Waals surface area (Å²) in [7, 11) is 2.05. The van der Waals surface area contributed by atoms with Gasteiger partial charge in [-0.3, -0.25) is 4.68 Å². The first-order valence-electron chi connectivity index (χ1n) is 8.17. The van der Waals surface area contributed by atoms with Gasteiger partial charge in [0.2, 0.25) is 0 Å². The fourth-order valence-corrected chi connectivity index (χ4v) is 5.09. The SMILES string of the molecule is CCCNC(c1ccnn1C)C1CCOC2(CCSC2)C1. The third-order valence-electron chi connectivity index (χ3n) is 4.86. The molecule has 0 aliphatic carbocycles. The highest BCUT2D eigenvalue weighted by Gasteiger charge is 2.43. The molecule has 0 bridgehead atoms. The lowest BCUT2D eigenvalue weighted by Gasteiger charge is -2.41. The van der Waals surface area contributed by atoms with Gasteiger partial charge in [0.1, 0.15) is 0 Å². The van der Waals surface area contributed by atoms with Gasteiger partial charge in [-0.1, -0.05) is 6.92 Å². The van der Waals surface area contributed by atoms with Crippen molar-refractivity contribution >= 4 is 11.8 Å². The highest BCUT2D eigenvalue weighted by atomic mass is 32.2. The van der Waals surface area contributed by atoms with Crippen molar-refractivity contribution in [3.05, 3.63) is 18.0 Å². The monoisotopic (exact) mass is 309 g/mol. The van der Waals surface area contributed by atoms with Crippen molar-refractivity contribution in [3.8, 4) is 0 Å². The Kier molecular flexibility index (Phi) is 4.92. The Balaban J connectivity index is 1.77. The molecular formula is C16H27N3OS. The zero-order chi connectivity index (χ0) is 14.7. The van der Waals surface area contributed by atoms with Gasteiger partial charge in [-0.15, -0.1) is 0 Å². The van der Waals surface area contributed by atoms with Gasteiger partial charge in [0.15, 0.2) is 0 Å². The van der Waals surface area contributed by atoms with E-state index < -0.39 is 0 Å². The molecule has 3 atom stereocenters. The van der Waals surface area contributed by atoms with E-state index in [2.05, 4.69) is 30.5 Å². The number of nitrogens with zero attached hydrogens (tertiary/aromatic N) is 2. The van der Waals surface area contributed by atoms with Crippen LogP contribution in [0.25, 0.3) is 0 Å². The first kappa shape index (κ1) is 15.4. The second kappa shape index (κ2) is 6.71. The number of ether oxygens (including phenoxy) is 1. The van der Waals surface area contributed by atoms with Crippen molar-refractivity contribution in [2.75, 3.05) is 24.7 Å². The summed E-state index contributed by atoms with van der Waals surface area (Å²) in [5.74, 6) is 3.08. The van der Waals surface area contributed by atoms with Crippen molar-refractivity contribution in [2.45, 2.75) is 44.2 Å². The second-order valence-corrected chi connectivity index (χ2v) is 7.50. The molecule has 21 heavy (non-hydrogen) atoms. The molecule has 1 spiro atoms. The number of hydrogen-bond donors (Lipinski definition) is 1. The molecule has 2 aliphatic heterocycles. The summed E-state index contributed by atoms with van der Waals surface area (Å²) in [6, 6.07) is 2.57. The molecule has 0 saturated carbocycles. The van der Waals surface area contributed by atoms with Crippen molar-refractivity contribution in [3.63, 3.8) is 0 Å². The minimum Gasteiger partial charge on any atom is -0.374 e. The Bertz CT molecular complexity index is 456. The standard InChI is InChI=1S/C16H27N3OS/c1-3-7-17-15(14-4-8-18-19(14)2)13-5-9-20-16(11-13)6-10-21-12-16/h4,8,13,15,17H,3,5-7,9-12H2,1-2H3. The van der Waals surface area contributed by atoms with E-state index in [1.165, 1.54) is 36.5 Å². The van der Waals surface area contributed by atoms with Gasteiger partial charge >= 0.3 is 0 Å². The van der Waals surface area contributed by atoms with E-state index in [1.54, 1.807) is 0 Å². The van der Waals surface area contributed by atoms with Crippen LogP contribution in [0.4, 0.5) is 0 Å². The van der Waals surface area contributed by atoms with Crippen LogP contribution in [0.5, 0.6) is 0 Å². The summed E-state index contributed by atoms with van der Waals surface area (Å²) >= 11 is 2.05. The summed E-state index contributed by atoms with van der Waals surface area (Å²) in [6.45, 7) is 4.20. The first-order chi connectivity index (χ1) is 10.2. The van der Waals surface area contributed by atoms with E-state index >= 15 is 0 Å². The molecule has 1 aromatic heterocycles. The molecule has 0 radical (unpaired) electrons. The highest BCUT2D eigenvalue weighted by molar-refractivity contribution is 7.99. The molecule has 1 aromatic rings. The molecule has 3 rings (SSSR count). The van der Waals surface area contributed by atoms with Gasteiger partial charge in [-0.25, -0.2) is 0 Å². The molecule has 3 unspecified atom stereocenters. The van der Waals surface area contributed by atoms with Crippen molar-refractivity contribution in [1.82, 2.24) is 15.1 Å². The predicted octanol–water partition coefficient (Wildman–Crippen LogP) is 2.76. The molecule has 0 amide bonds. The molecular weight excluding hydrogens is 282 g/mol. The maximum Gasteiger partial charge on any atom is 0.0783 e. The average molecular weight is 309 g/mol. The Labute approximate surface area is 132 Å². The largest absolute Gasteiger partial charge is 0.374 e. The van der Waals surface area contributed by atoms with Crippen molar-refractivity contribution < 1.29 is 4.74 Å². The minimum atomic E-state index is 0.151. The van der Waals surface area contributed by atoms with Crippen LogP contribution in [0, 0.1) is 5.92 Å². The van der Waals surface area contributed by atoms with E-state index in [-0.39, 0.29) is 5.60 Å². The zero-order valence-electron chi connectivity index (χ0n) is 13.2. The maximum absolute atomic E-state index is 6.19. The lowest BCUT2D eigenvalue weighted by atomic mass is 9.80. The third kappa shape index (κ3) is 3.30. The molecule has 0 aromatic carbocycles. The minimum absolute atomic E-state index is 0.151. The molecule has 2 aliphatic rings. The summed E-state index contributed by atoms with van der Waals surface area (Å²) in [6.07, 6.45) is 6.64. The van der Waals surface area contributed by atoms with Gasteiger partial charge in [0, 0.05) is 25.6 Å². The molecule has 4 nitrogen and oxygen atoms in total. The van der Waals surface area contributed by atoms with Crippen LogP contribution in [0.15, 0.2) is 12.3 Å². The van der Waals surface area contributed by atoms with Gasteiger partial charge < -0.3 is 10.1 Å². The van der Waals surface area contributed by atoms with Crippen molar-refractivity contribution in [1.29, 1.82) is 0 Å². The predicted molar refractivity (Wildman–Crippen MR) is 87.6 cm³/mol. The molecule has 2 fully saturated rings. The molecule has 2 saturated heterocycles. The number of nitrogens with one attached hydrogen (secondary N) is 1. The fourth-order valence-electron chi connectivity index (χ4n) is 3.72. The quantitative estimate of drug-likeness (QED) is 0.908. The Morgan fingerprint density at radius 2 is 2.52 bits per heavy atom. The number of aryl methyl sites for hydroxylation is 1. The summed E-state index contributed by atoms with van der Waals surface area (Å²) < 4.78 is 8.21. The van der Waals surface area contributed by atoms with Crippen LogP contribution in [-0.2, 0) is 11.8 Å². The van der Waals surface area contributed by atoms with Gasteiger partial charge in [0.05, 0.1) is 17.3 Å². The number of rotatable bonds is 5. The first-order valence-corrected chi connectivity index (χ1v) is 9.32. The van der Waals surface area contributed by atoms with Gasteiger partial charge in [-0.05, 0) is 50.0 Å². The summed E-state index contributed by atoms with van der Waals surface area (Å²) in [4.78, 5) is 0. The Morgan fingerprint density at radius 3 is 3.19 bits per heavy atom. The van der Waals surface area contributed by atoms with Crippen molar-refractivity contribution in [2.24, 2.45) is 13.0 Å². The lowest BCUT2D eigenvalue weighted by Crippen LogP contribution is -2.44. The lowest BCUT2D eigenvalue weighted by molar-refractivity contribution is -0.0858. The average Bonchev–Trinajstić information content (AvgIpc) is 3.10. The van der Waals surface area contributed by atoms with E-state index in [4.69, 9.17) is 4.74 Å². The summed E-state index contributed by atoms with van der Waals surface area (Å²) in [5.41, 5.74) is 1.47. The van der Waals surface area contributed by atoms with E-state index in [0.717, 1.165) is 19.6 Å². The van der Waals surface area contributed by atoms with Gasteiger partial charge in [-0.2, -0.15) is 16.9 Å². The molecule has 5 heteroatoms. The fraction of sp³-hybridized carbons (Fsp3) is 0.812. The number of thioether (sulfide) groups is 1. The summed E-state index contributed by atoms with van der Waals surface area (Å²) in [5, 5.41) is 8.14. The third-order valence-corrected chi connectivity index (χ3v) is 6.08. The van der Waals surface area contributed by atoms with Gasteiger partial charge in [0.25, 0.3) is 0 Å². The smallest absolute Gasteiger partial charge is 0.0783 e. The van der Waals surface area contributed by atoms with Crippen LogP contribution in [0.1, 0.15) is 44.3 Å². The Hall–Kier alpha value is -0.520. The van der Waals surface area contributed by atoms with E-state index in [1.807, 2.05) is 22.6 Å². The molecule has 1 N–H and O–H groups in total. The number of hydrogen-bond acceptors (Lipinski definition) is 4. The van der Waals surface area contributed by atoms with E-state index in [9.17, 15) is 0 Å². The van der Waals surface area contributed by atoms with Crippen LogP contribution < -0.4 is 5.32 Å². The van der Waals surface area contributed by atoms with Crippen LogP contribution in [0.3, 0.4) is 0 Å².